The Kier molecular flexibility index (Phi) is 4.74. The van der Waals surface area contributed by atoms with Gasteiger partial charge in [-0.3, -0.25) is 20.4 Å². The van der Waals surface area contributed by atoms with Crippen molar-refractivity contribution in [3.8, 4) is 5.75 Å². The van der Waals surface area contributed by atoms with Crippen molar-refractivity contribution in [3.05, 3.63) is 42.0 Å². The van der Waals surface area contributed by atoms with Crippen LogP contribution >= 0.6 is 0 Å². The topological polar surface area (TPSA) is 108 Å². The van der Waals surface area contributed by atoms with Crippen LogP contribution in [0, 0.1) is 23.7 Å². The van der Waals surface area contributed by atoms with E-state index in [9.17, 15) is 19.5 Å². The summed E-state index contributed by atoms with van der Waals surface area (Å²) in [6.07, 6.45) is 4.32. The number of aliphatic carboxylic acids is 1. The Bertz CT molecular complexity index is 730. The molecule has 1 fully saturated rings. The first-order chi connectivity index (χ1) is 12.0. The van der Waals surface area contributed by atoms with Crippen molar-refractivity contribution in [2.45, 2.75) is 13.3 Å². The molecule has 2 aliphatic rings. The molecule has 0 radical (unpaired) electrons. The molecule has 2 bridgehead atoms. The molecule has 3 rings (SSSR count). The zero-order valence-corrected chi connectivity index (χ0v) is 13.7. The predicted octanol–water partition coefficient (Wildman–Crippen LogP) is 0.0345. The van der Waals surface area contributed by atoms with E-state index in [0.29, 0.717) is 24.3 Å². The number of hydrazine groups is 1. The van der Waals surface area contributed by atoms with Gasteiger partial charge in [-0.2, -0.15) is 0 Å². The molecule has 2 aliphatic carbocycles. The monoisotopic (exact) mass is 343 g/mol. The van der Waals surface area contributed by atoms with Gasteiger partial charge in [-0.05, 0) is 43.4 Å². The first kappa shape index (κ1) is 17.0. The second-order valence-electron chi connectivity index (χ2n) is 6.22. The lowest BCUT2D eigenvalue weighted by molar-refractivity contribution is -0.313. The molecular weight excluding hydrogens is 324 g/mol. The van der Waals surface area contributed by atoms with Gasteiger partial charge in [0.25, 0.3) is 5.91 Å². The number of carbonyl (C=O) groups is 3. The SMILES string of the molecule is CCOc1cccc(C(=O)NNC(=O)[C@@H]2[C@@H](C(=O)[O-])[C@H]3C=C[C@@H]2C3)c1. The summed E-state index contributed by atoms with van der Waals surface area (Å²) in [5.74, 6) is -3.58. The van der Waals surface area contributed by atoms with Crippen molar-refractivity contribution < 1.29 is 24.2 Å². The van der Waals surface area contributed by atoms with Crippen LogP contribution in [0.4, 0.5) is 0 Å². The fourth-order valence-electron chi connectivity index (χ4n) is 3.67. The molecule has 7 heteroatoms. The molecule has 2 amide bonds. The minimum atomic E-state index is -1.23. The summed E-state index contributed by atoms with van der Waals surface area (Å²) in [5, 5.41) is 11.3. The molecule has 1 aromatic rings. The van der Waals surface area contributed by atoms with Crippen molar-refractivity contribution >= 4 is 17.8 Å². The molecule has 2 N–H and O–H groups in total. The first-order valence-corrected chi connectivity index (χ1v) is 8.23. The average molecular weight is 343 g/mol. The van der Waals surface area contributed by atoms with Gasteiger partial charge < -0.3 is 14.6 Å². The van der Waals surface area contributed by atoms with E-state index in [2.05, 4.69) is 10.9 Å². The van der Waals surface area contributed by atoms with Crippen LogP contribution in [0.5, 0.6) is 5.75 Å². The molecular formula is C18H19N2O5-. The fourth-order valence-corrected chi connectivity index (χ4v) is 3.67. The number of nitrogens with one attached hydrogen (secondary N) is 2. The van der Waals surface area contributed by atoms with E-state index < -0.39 is 29.6 Å². The molecule has 0 unspecified atom stereocenters. The van der Waals surface area contributed by atoms with Crippen LogP contribution in [0.25, 0.3) is 0 Å². The number of allylic oxidation sites excluding steroid dienone is 2. The Labute approximate surface area is 145 Å². The quantitative estimate of drug-likeness (QED) is 0.579. The highest BCUT2D eigenvalue weighted by molar-refractivity contribution is 5.96. The van der Waals surface area contributed by atoms with Crippen LogP contribution in [-0.4, -0.2) is 24.4 Å². The summed E-state index contributed by atoms with van der Waals surface area (Å²) in [4.78, 5) is 35.9. The van der Waals surface area contributed by atoms with E-state index >= 15 is 0 Å². The molecule has 0 spiro atoms. The summed E-state index contributed by atoms with van der Waals surface area (Å²) in [6.45, 7) is 2.31. The molecule has 0 heterocycles. The van der Waals surface area contributed by atoms with Gasteiger partial charge in [0, 0.05) is 17.5 Å². The third-order valence-electron chi connectivity index (χ3n) is 4.74. The number of benzene rings is 1. The molecule has 0 saturated heterocycles. The van der Waals surface area contributed by atoms with Crippen LogP contribution in [0.2, 0.25) is 0 Å². The highest BCUT2D eigenvalue weighted by Crippen LogP contribution is 2.47. The third-order valence-corrected chi connectivity index (χ3v) is 4.74. The Balaban J connectivity index is 1.62. The molecule has 0 aromatic heterocycles. The van der Waals surface area contributed by atoms with Gasteiger partial charge >= 0.3 is 0 Å². The van der Waals surface area contributed by atoms with Gasteiger partial charge in [0.2, 0.25) is 5.91 Å². The summed E-state index contributed by atoms with van der Waals surface area (Å²) in [5.41, 5.74) is 5.00. The van der Waals surface area contributed by atoms with E-state index in [-0.39, 0.29) is 11.8 Å². The number of fused-ring (bicyclic) bond motifs is 2. The average Bonchev–Trinajstić information content (AvgIpc) is 3.21. The van der Waals surface area contributed by atoms with Gasteiger partial charge in [0.05, 0.1) is 12.5 Å². The minimum Gasteiger partial charge on any atom is -0.550 e. The lowest BCUT2D eigenvalue weighted by atomic mass is 9.82. The van der Waals surface area contributed by atoms with Crippen LogP contribution in [0.3, 0.4) is 0 Å². The lowest BCUT2D eigenvalue weighted by Gasteiger charge is -2.27. The maximum atomic E-state index is 12.4. The number of hydrogen-bond donors (Lipinski definition) is 2. The largest absolute Gasteiger partial charge is 0.550 e. The number of carboxylic acid groups (broad SMARTS) is 1. The standard InChI is InChI=1S/C18H20N2O5/c1-2-25-13-5-3-4-12(9-13)16(21)19-20-17(22)14-10-6-7-11(8-10)15(14)18(23)24/h3-7,9-11,14-15H,2,8H2,1H3,(H,19,21)(H,20,22)(H,23,24)/p-1/t10-,11+,14+,15+/m1/s1. The highest BCUT2D eigenvalue weighted by atomic mass is 16.5. The summed E-state index contributed by atoms with van der Waals surface area (Å²) >= 11 is 0. The van der Waals surface area contributed by atoms with E-state index in [1.807, 2.05) is 19.1 Å². The van der Waals surface area contributed by atoms with Crippen molar-refractivity contribution in [1.82, 2.24) is 10.9 Å². The van der Waals surface area contributed by atoms with Crippen molar-refractivity contribution in [2.24, 2.45) is 23.7 Å². The fraction of sp³-hybridized carbons (Fsp3) is 0.389. The smallest absolute Gasteiger partial charge is 0.269 e. The lowest BCUT2D eigenvalue weighted by Crippen LogP contribution is -2.50. The zero-order valence-electron chi connectivity index (χ0n) is 13.7. The minimum absolute atomic E-state index is 0.133. The summed E-state index contributed by atoms with van der Waals surface area (Å²) in [6, 6.07) is 6.56. The second-order valence-corrected chi connectivity index (χ2v) is 6.22. The van der Waals surface area contributed by atoms with Crippen molar-refractivity contribution in [2.75, 3.05) is 6.61 Å². The first-order valence-electron chi connectivity index (χ1n) is 8.23. The highest BCUT2D eigenvalue weighted by Gasteiger charge is 2.48. The second kappa shape index (κ2) is 6.96. The van der Waals surface area contributed by atoms with Crippen LogP contribution in [0.1, 0.15) is 23.7 Å². The summed E-state index contributed by atoms with van der Waals surface area (Å²) < 4.78 is 5.33. The Morgan fingerprint density at radius 2 is 1.88 bits per heavy atom. The number of ether oxygens (including phenoxy) is 1. The van der Waals surface area contributed by atoms with Gasteiger partial charge in [0.1, 0.15) is 5.75 Å². The molecule has 25 heavy (non-hydrogen) atoms. The van der Waals surface area contributed by atoms with E-state index in [1.165, 1.54) is 0 Å². The number of carbonyl (C=O) groups excluding carboxylic acids is 3. The van der Waals surface area contributed by atoms with Crippen LogP contribution in [-0.2, 0) is 9.59 Å². The summed E-state index contributed by atoms with van der Waals surface area (Å²) in [7, 11) is 0. The maximum absolute atomic E-state index is 12.4. The normalized spacial score (nSPS) is 26.3. The van der Waals surface area contributed by atoms with Gasteiger partial charge in [-0.25, -0.2) is 0 Å². The number of hydrogen-bond acceptors (Lipinski definition) is 5. The van der Waals surface area contributed by atoms with E-state index in [4.69, 9.17) is 4.74 Å². The molecule has 132 valence electrons. The third kappa shape index (κ3) is 3.35. The Morgan fingerprint density at radius 3 is 2.56 bits per heavy atom. The van der Waals surface area contributed by atoms with Crippen molar-refractivity contribution in [1.29, 1.82) is 0 Å². The van der Waals surface area contributed by atoms with Crippen molar-refractivity contribution in [3.63, 3.8) is 0 Å². The molecule has 7 nitrogen and oxygen atoms in total. The molecule has 1 saturated carbocycles. The van der Waals surface area contributed by atoms with Gasteiger partial charge in [-0.15, -0.1) is 0 Å². The maximum Gasteiger partial charge on any atom is 0.269 e. The molecule has 4 atom stereocenters. The van der Waals surface area contributed by atoms with Gasteiger partial charge in [0.15, 0.2) is 0 Å². The molecule has 1 aromatic carbocycles. The zero-order chi connectivity index (χ0) is 18.0. The number of rotatable bonds is 5. The number of amides is 2. The predicted molar refractivity (Wildman–Crippen MR) is 85.9 cm³/mol. The van der Waals surface area contributed by atoms with Crippen LogP contribution in [0.15, 0.2) is 36.4 Å². The number of carboxylic acids is 1. The van der Waals surface area contributed by atoms with Crippen LogP contribution < -0.4 is 20.7 Å². The van der Waals surface area contributed by atoms with Gasteiger partial charge in [-0.1, -0.05) is 18.2 Å². The van der Waals surface area contributed by atoms with E-state index in [0.717, 1.165) is 0 Å². The molecule has 0 aliphatic heterocycles. The Morgan fingerprint density at radius 1 is 1.16 bits per heavy atom. The Hall–Kier alpha value is -2.83. The van der Waals surface area contributed by atoms with E-state index in [1.54, 1.807) is 24.3 Å².